The molecule has 0 atom stereocenters. The molecule has 1 fully saturated rings. The molecule has 0 amide bonds. The Morgan fingerprint density at radius 3 is 2.80 bits per heavy atom. The van der Waals surface area contributed by atoms with E-state index in [-0.39, 0.29) is 0 Å². The zero-order valence-electron chi connectivity index (χ0n) is 9.76. The molecular weight excluding hydrogens is 188 g/mol. The van der Waals surface area contributed by atoms with Crippen molar-refractivity contribution < 1.29 is 0 Å². The van der Waals surface area contributed by atoms with Crippen molar-refractivity contribution in [3.05, 3.63) is 0 Å². The highest BCUT2D eigenvalue weighted by Gasteiger charge is 2.16. The SMILES string of the molecule is CCCCN=C(NN)NCCC1CCC1. The van der Waals surface area contributed by atoms with Crippen LogP contribution < -0.4 is 16.6 Å². The van der Waals surface area contributed by atoms with Crippen LogP contribution >= 0.6 is 0 Å². The molecule has 1 rings (SSSR count). The summed E-state index contributed by atoms with van der Waals surface area (Å²) in [4.78, 5) is 4.34. The summed E-state index contributed by atoms with van der Waals surface area (Å²) in [5.41, 5.74) is 2.61. The van der Waals surface area contributed by atoms with E-state index in [1.807, 2.05) is 0 Å². The van der Waals surface area contributed by atoms with E-state index >= 15 is 0 Å². The number of hydrogen-bond acceptors (Lipinski definition) is 2. The smallest absolute Gasteiger partial charge is 0.205 e. The zero-order valence-corrected chi connectivity index (χ0v) is 9.76. The predicted molar refractivity (Wildman–Crippen MR) is 64.5 cm³/mol. The van der Waals surface area contributed by atoms with Crippen molar-refractivity contribution in [1.29, 1.82) is 0 Å². The first-order valence-corrected chi connectivity index (χ1v) is 6.11. The molecule has 4 heteroatoms. The van der Waals surface area contributed by atoms with Gasteiger partial charge in [-0.2, -0.15) is 0 Å². The number of nitrogens with two attached hydrogens (primary N) is 1. The summed E-state index contributed by atoms with van der Waals surface area (Å²) in [6, 6.07) is 0. The molecule has 0 aromatic rings. The lowest BCUT2D eigenvalue weighted by atomic mass is 9.83. The van der Waals surface area contributed by atoms with E-state index < -0.39 is 0 Å². The number of rotatable bonds is 6. The number of nitrogens with one attached hydrogen (secondary N) is 2. The topological polar surface area (TPSA) is 62.4 Å². The number of aliphatic imine (C=N–C) groups is 1. The summed E-state index contributed by atoms with van der Waals surface area (Å²) < 4.78 is 0. The van der Waals surface area contributed by atoms with E-state index in [2.05, 4.69) is 22.7 Å². The van der Waals surface area contributed by atoms with Crippen molar-refractivity contribution in [1.82, 2.24) is 10.7 Å². The Labute approximate surface area is 92.7 Å². The van der Waals surface area contributed by atoms with Crippen molar-refractivity contribution in [2.24, 2.45) is 16.8 Å². The quantitative estimate of drug-likeness (QED) is 0.205. The van der Waals surface area contributed by atoms with Gasteiger partial charge in [0.1, 0.15) is 0 Å². The molecule has 15 heavy (non-hydrogen) atoms. The Balaban J connectivity index is 2.06. The Hall–Kier alpha value is -0.770. The third kappa shape index (κ3) is 5.02. The van der Waals surface area contributed by atoms with Crippen LogP contribution in [0.2, 0.25) is 0 Å². The molecule has 4 nitrogen and oxygen atoms in total. The molecule has 0 heterocycles. The summed E-state index contributed by atoms with van der Waals surface area (Å²) in [6.07, 6.45) is 7.75. The second kappa shape index (κ2) is 7.51. The lowest BCUT2D eigenvalue weighted by Gasteiger charge is -2.25. The van der Waals surface area contributed by atoms with Gasteiger partial charge in [-0.25, -0.2) is 5.84 Å². The molecule has 4 N–H and O–H groups in total. The van der Waals surface area contributed by atoms with E-state index in [1.165, 1.54) is 32.1 Å². The van der Waals surface area contributed by atoms with Gasteiger partial charge in [-0.15, -0.1) is 0 Å². The molecule has 88 valence electrons. The molecule has 0 aromatic heterocycles. The standard InChI is InChI=1S/C11H24N4/c1-2-3-8-13-11(15-12)14-9-7-10-5-4-6-10/h10H,2-9,12H2,1H3,(H2,13,14,15). The summed E-state index contributed by atoms with van der Waals surface area (Å²) in [6.45, 7) is 4.00. The third-order valence-electron chi connectivity index (χ3n) is 2.99. The molecule has 1 saturated carbocycles. The van der Waals surface area contributed by atoms with E-state index in [0.29, 0.717) is 0 Å². The van der Waals surface area contributed by atoms with Crippen LogP contribution in [0.5, 0.6) is 0 Å². The Bertz CT molecular complexity index is 187. The lowest BCUT2D eigenvalue weighted by Crippen LogP contribution is -2.42. The number of guanidine groups is 1. The molecule has 1 aliphatic carbocycles. The van der Waals surface area contributed by atoms with Gasteiger partial charge in [0.2, 0.25) is 5.96 Å². The maximum Gasteiger partial charge on any atom is 0.205 e. The van der Waals surface area contributed by atoms with Gasteiger partial charge in [0.05, 0.1) is 0 Å². The lowest BCUT2D eigenvalue weighted by molar-refractivity contribution is 0.296. The highest BCUT2D eigenvalue weighted by atomic mass is 15.3. The van der Waals surface area contributed by atoms with Gasteiger partial charge < -0.3 is 5.32 Å². The Morgan fingerprint density at radius 2 is 2.27 bits per heavy atom. The summed E-state index contributed by atoms with van der Waals surface area (Å²) >= 11 is 0. The molecule has 0 aromatic carbocycles. The van der Waals surface area contributed by atoms with Crippen LogP contribution in [0.25, 0.3) is 0 Å². The van der Waals surface area contributed by atoms with Gasteiger partial charge in [0.15, 0.2) is 0 Å². The second-order valence-corrected chi connectivity index (χ2v) is 4.24. The fourth-order valence-corrected chi connectivity index (χ4v) is 1.68. The predicted octanol–water partition coefficient (Wildman–Crippen LogP) is 1.39. The number of nitrogens with zero attached hydrogens (tertiary/aromatic N) is 1. The second-order valence-electron chi connectivity index (χ2n) is 4.24. The maximum atomic E-state index is 5.38. The van der Waals surface area contributed by atoms with Crippen molar-refractivity contribution >= 4 is 5.96 Å². The van der Waals surface area contributed by atoms with Crippen molar-refractivity contribution in [2.75, 3.05) is 13.1 Å². The van der Waals surface area contributed by atoms with Crippen molar-refractivity contribution in [3.8, 4) is 0 Å². The normalized spacial score (nSPS) is 17.3. The number of hydrazine groups is 1. The molecule has 0 saturated heterocycles. The molecule has 0 spiro atoms. The Morgan fingerprint density at radius 1 is 1.47 bits per heavy atom. The monoisotopic (exact) mass is 212 g/mol. The van der Waals surface area contributed by atoms with E-state index in [4.69, 9.17) is 5.84 Å². The largest absolute Gasteiger partial charge is 0.355 e. The number of unbranched alkanes of at least 4 members (excludes halogenated alkanes) is 1. The van der Waals surface area contributed by atoms with Crippen LogP contribution in [0.1, 0.15) is 45.4 Å². The zero-order chi connectivity index (χ0) is 10.9. The summed E-state index contributed by atoms with van der Waals surface area (Å²) in [5, 5.41) is 3.24. The molecule has 0 radical (unpaired) electrons. The first kappa shape index (κ1) is 12.3. The van der Waals surface area contributed by atoms with Crippen LogP contribution in [0.15, 0.2) is 4.99 Å². The van der Waals surface area contributed by atoms with Crippen LogP contribution in [-0.4, -0.2) is 19.0 Å². The fourth-order valence-electron chi connectivity index (χ4n) is 1.68. The minimum absolute atomic E-state index is 0.739. The third-order valence-corrected chi connectivity index (χ3v) is 2.99. The highest BCUT2D eigenvalue weighted by Crippen LogP contribution is 2.28. The summed E-state index contributed by atoms with van der Waals surface area (Å²) in [5.74, 6) is 7.05. The minimum Gasteiger partial charge on any atom is -0.355 e. The van der Waals surface area contributed by atoms with Crippen LogP contribution in [-0.2, 0) is 0 Å². The fraction of sp³-hybridized carbons (Fsp3) is 0.909. The van der Waals surface area contributed by atoms with Gasteiger partial charge in [-0.3, -0.25) is 10.4 Å². The molecule has 0 bridgehead atoms. The van der Waals surface area contributed by atoms with Crippen molar-refractivity contribution in [3.63, 3.8) is 0 Å². The first-order valence-electron chi connectivity index (χ1n) is 6.11. The van der Waals surface area contributed by atoms with Crippen molar-refractivity contribution in [2.45, 2.75) is 45.4 Å². The molecular formula is C11H24N4. The molecule has 0 aliphatic heterocycles. The average molecular weight is 212 g/mol. The van der Waals surface area contributed by atoms with Gasteiger partial charge in [-0.1, -0.05) is 32.6 Å². The van der Waals surface area contributed by atoms with E-state index in [1.54, 1.807) is 0 Å². The average Bonchev–Trinajstić information content (AvgIpc) is 2.19. The summed E-state index contributed by atoms with van der Waals surface area (Å²) in [7, 11) is 0. The van der Waals surface area contributed by atoms with Gasteiger partial charge in [0.25, 0.3) is 0 Å². The van der Waals surface area contributed by atoms with Gasteiger partial charge in [-0.05, 0) is 18.8 Å². The maximum absolute atomic E-state index is 5.38. The first-order chi connectivity index (χ1) is 7.36. The Kier molecular flexibility index (Phi) is 6.16. The minimum atomic E-state index is 0.739. The van der Waals surface area contributed by atoms with Crippen LogP contribution in [0, 0.1) is 5.92 Å². The van der Waals surface area contributed by atoms with E-state index in [9.17, 15) is 0 Å². The van der Waals surface area contributed by atoms with Gasteiger partial charge in [0, 0.05) is 13.1 Å². The van der Waals surface area contributed by atoms with Gasteiger partial charge >= 0.3 is 0 Å². The number of hydrogen-bond donors (Lipinski definition) is 3. The molecule has 1 aliphatic rings. The molecule has 0 unspecified atom stereocenters. The highest BCUT2D eigenvalue weighted by molar-refractivity contribution is 5.79. The van der Waals surface area contributed by atoms with E-state index in [0.717, 1.165) is 31.4 Å². The van der Waals surface area contributed by atoms with Crippen LogP contribution in [0.4, 0.5) is 0 Å². The van der Waals surface area contributed by atoms with Crippen LogP contribution in [0.3, 0.4) is 0 Å².